The van der Waals surface area contributed by atoms with E-state index >= 15 is 0 Å². The minimum Gasteiger partial charge on any atom is -0.481 e. The molecular weight excluding hydrogens is 355 g/mol. The lowest BCUT2D eigenvalue weighted by Gasteiger charge is -2.10. The lowest BCUT2D eigenvalue weighted by Crippen LogP contribution is -2.04. The van der Waals surface area contributed by atoms with Crippen LogP contribution in [0.1, 0.15) is 12.6 Å². The summed E-state index contributed by atoms with van der Waals surface area (Å²) in [6.45, 7) is 2.08. The minimum absolute atomic E-state index is 0.582. The molecule has 0 spiro atoms. The number of nitrogens with one attached hydrogen (secondary N) is 1. The number of pyridine rings is 1. The lowest BCUT2D eigenvalue weighted by molar-refractivity contribution is 0.398. The van der Waals surface area contributed by atoms with Crippen molar-refractivity contribution in [3.8, 4) is 17.3 Å². The van der Waals surface area contributed by atoms with Crippen LogP contribution in [0.2, 0.25) is 0 Å². The Balaban J connectivity index is 2.48. The molecule has 0 atom stereocenters. The van der Waals surface area contributed by atoms with E-state index in [2.05, 4.69) is 49.8 Å². The first-order chi connectivity index (χ1) is 9.19. The molecule has 0 aromatic carbocycles. The Hall–Kier alpha value is -1.44. The second kappa shape index (κ2) is 6.14. The van der Waals surface area contributed by atoms with E-state index in [-0.39, 0.29) is 0 Å². The second-order valence-electron chi connectivity index (χ2n) is 3.85. The van der Waals surface area contributed by atoms with Gasteiger partial charge in [-0.05, 0) is 35.1 Å². The van der Waals surface area contributed by atoms with Gasteiger partial charge in [-0.15, -0.1) is 0 Å². The van der Waals surface area contributed by atoms with Crippen LogP contribution in [-0.4, -0.2) is 29.1 Å². The molecule has 0 aliphatic rings. The van der Waals surface area contributed by atoms with Crippen LogP contribution >= 0.6 is 22.6 Å². The number of nitrogens with zero attached hydrogens (tertiary/aromatic N) is 3. The number of ether oxygens (including phenoxy) is 1. The summed E-state index contributed by atoms with van der Waals surface area (Å²) in [5.74, 6) is 2.11. The second-order valence-corrected chi connectivity index (χ2v) is 4.93. The molecule has 0 saturated heterocycles. The molecule has 6 heteroatoms. The molecular formula is C13H15IN4O. The van der Waals surface area contributed by atoms with E-state index in [0.29, 0.717) is 11.7 Å². The molecule has 2 aromatic heterocycles. The Bertz CT molecular complexity index is 546. The van der Waals surface area contributed by atoms with Crippen LogP contribution in [0.4, 0.5) is 5.82 Å². The van der Waals surface area contributed by atoms with Crippen LogP contribution in [0.3, 0.4) is 0 Å². The van der Waals surface area contributed by atoms with Gasteiger partial charge in [0.15, 0.2) is 5.82 Å². The molecule has 0 aliphatic carbocycles. The van der Waals surface area contributed by atoms with E-state index in [1.807, 2.05) is 13.1 Å². The lowest BCUT2D eigenvalue weighted by atomic mass is 10.2. The molecule has 0 bridgehead atoms. The highest BCUT2D eigenvalue weighted by Gasteiger charge is 2.11. The van der Waals surface area contributed by atoms with Gasteiger partial charge < -0.3 is 10.1 Å². The zero-order valence-electron chi connectivity index (χ0n) is 11.1. The third-order valence-electron chi connectivity index (χ3n) is 2.70. The maximum Gasteiger partial charge on any atom is 0.212 e. The zero-order chi connectivity index (χ0) is 13.8. The molecule has 19 heavy (non-hydrogen) atoms. The smallest absolute Gasteiger partial charge is 0.212 e. The summed E-state index contributed by atoms with van der Waals surface area (Å²) in [6, 6.07) is 3.72. The van der Waals surface area contributed by atoms with Crippen LogP contribution in [0.15, 0.2) is 18.3 Å². The van der Waals surface area contributed by atoms with Crippen molar-refractivity contribution in [2.75, 3.05) is 19.5 Å². The third kappa shape index (κ3) is 2.94. The monoisotopic (exact) mass is 370 g/mol. The Labute approximate surface area is 126 Å². The average Bonchev–Trinajstić information content (AvgIpc) is 2.47. The highest BCUT2D eigenvalue weighted by Crippen LogP contribution is 2.24. The van der Waals surface area contributed by atoms with Gasteiger partial charge in [0.2, 0.25) is 5.88 Å². The van der Waals surface area contributed by atoms with Crippen molar-refractivity contribution >= 4 is 28.4 Å². The van der Waals surface area contributed by atoms with E-state index in [9.17, 15) is 0 Å². The van der Waals surface area contributed by atoms with Gasteiger partial charge >= 0.3 is 0 Å². The summed E-state index contributed by atoms with van der Waals surface area (Å²) in [4.78, 5) is 13.3. The number of methoxy groups -OCH3 is 1. The van der Waals surface area contributed by atoms with E-state index in [0.717, 1.165) is 27.1 Å². The first-order valence-corrected chi connectivity index (χ1v) is 7.02. The van der Waals surface area contributed by atoms with Gasteiger partial charge in [-0.2, -0.15) is 0 Å². The topological polar surface area (TPSA) is 59.9 Å². The van der Waals surface area contributed by atoms with Crippen molar-refractivity contribution in [2.45, 2.75) is 13.3 Å². The quantitative estimate of drug-likeness (QED) is 0.839. The molecule has 0 amide bonds. The van der Waals surface area contributed by atoms with E-state index < -0.39 is 0 Å². The number of aromatic nitrogens is 3. The normalized spacial score (nSPS) is 10.3. The number of hydrogen-bond donors (Lipinski definition) is 1. The van der Waals surface area contributed by atoms with Crippen molar-refractivity contribution in [3.05, 3.63) is 27.6 Å². The van der Waals surface area contributed by atoms with Gasteiger partial charge in [0.05, 0.1) is 16.4 Å². The molecule has 100 valence electrons. The predicted molar refractivity (Wildman–Crippen MR) is 83.5 cm³/mol. The van der Waals surface area contributed by atoms with Gasteiger partial charge in [-0.25, -0.2) is 15.0 Å². The van der Waals surface area contributed by atoms with Crippen molar-refractivity contribution in [1.29, 1.82) is 0 Å². The van der Waals surface area contributed by atoms with Gasteiger partial charge in [0.1, 0.15) is 5.82 Å². The van der Waals surface area contributed by atoms with Gasteiger partial charge in [0.25, 0.3) is 0 Å². The number of anilines is 1. The summed E-state index contributed by atoms with van der Waals surface area (Å²) in [7, 11) is 3.46. The number of halogens is 1. The van der Waals surface area contributed by atoms with E-state index in [1.54, 1.807) is 19.4 Å². The fourth-order valence-corrected chi connectivity index (χ4v) is 2.55. The maximum atomic E-state index is 5.05. The van der Waals surface area contributed by atoms with Gasteiger partial charge in [-0.3, -0.25) is 0 Å². The Kier molecular flexibility index (Phi) is 4.52. The molecule has 0 radical (unpaired) electrons. The van der Waals surface area contributed by atoms with E-state index in [1.165, 1.54) is 0 Å². The fourth-order valence-electron chi connectivity index (χ4n) is 1.66. The molecule has 0 fully saturated rings. The van der Waals surface area contributed by atoms with Crippen molar-refractivity contribution in [1.82, 2.24) is 15.0 Å². The molecule has 0 aliphatic heterocycles. The van der Waals surface area contributed by atoms with Crippen LogP contribution in [0.25, 0.3) is 11.4 Å². The summed E-state index contributed by atoms with van der Waals surface area (Å²) in [5.41, 5.74) is 1.91. The first-order valence-electron chi connectivity index (χ1n) is 5.94. The first kappa shape index (κ1) is 14.0. The average molecular weight is 370 g/mol. The van der Waals surface area contributed by atoms with Crippen molar-refractivity contribution in [2.24, 2.45) is 0 Å². The van der Waals surface area contributed by atoms with Crippen LogP contribution < -0.4 is 10.1 Å². The summed E-state index contributed by atoms with van der Waals surface area (Å²) < 4.78 is 6.11. The molecule has 2 rings (SSSR count). The Morgan fingerprint density at radius 1 is 1.32 bits per heavy atom. The SMILES string of the molecule is CCc1nc(-c2ccc(OC)nc2)nc(NC)c1I. The highest BCUT2D eigenvalue weighted by molar-refractivity contribution is 14.1. The fraction of sp³-hybridized carbons (Fsp3) is 0.308. The third-order valence-corrected chi connectivity index (χ3v) is 3.83. The van der Waals surface area contributed by atoms with Crippen LogP contribution in [0.5, 0.6) is 5.88 Å². The van der Waals surface area contributed by atoms with Gasteiger partial charge in [-0.1, -0.05) is 6.92 Å². The maximum absolute atomic E-state index is 5.05. The number of aryl methyl sites for hydroxylation is 1. The number of rotatable bonds is 4. The summed E-state index contributed by atoms with van der Waals surface area (Å²) in [5, 5.41) is 3.10. The molecule has 1 N–H and O–H groups in total. The summed E-state index contributed by atoms with van der Waals surface area (Å²) in [6.07, 6.45) is 2.59. The Morgan fingerprint density at radius 2 is 2.11 bits per heavy atom. The molecule has 5 nitrogen and oxygen atoms in total. The van der Waals surface area contributed by atoms with Crippen LogP contribution in [0, 0.1) is 3.57 Å². The molecule has 2 heterocycles. The minimum atomic E-state index is 0.582. The van der Waals surface area contributed by atoms with Crippen molar-refractivity contribution in [3.63, 3.8) is 0 Å². The predicted octanol–water partition coefficient (Wildman–Crippen LogP) is 2.76. The Morgan fingerprint density at radius 3 is 2.63 bits per heavy atom. The summed E-state index contributed by atoms with van der Waals surface area (Å²) >= 11 is 2.27. The largest absolute Gasteiger partial charge is 0.481 e. The van der Waals surface area contributed by atoms with Gasteiger partial charge in [0, 0.05) is 24.9 Å². The number of hydrogen-bond acceptors (Lipinski definition) is 5. The molecule has 2 aromatic rings. The van der Waals surface area contributed by atoms with E-state index in [4.69, 9.17) is 4.74 Å². The highest BCUT2D eigenvalue weighted by atomic mass is 127. The van der Waals surface area contributed by atoms with Crippen molar-refractivity contribution < 1.29 is 4.74 Å². The molecule has 0 unspecified atom stereocenters. The zero-order valence-corrected chi connectivity index (χ0v) is 13.2. The molecule has 0 saturated carbocycles. The standard InChI is InChI=1S/C13H15IN4O/c1-4-9-11(14)13(15-2)18-12(17-9)8-5-6-10(19-3)16-7-8/h5-7H,4H2,1-3H3,(H,15,17,18). The van der Waals surface area contributed by atoms with Crippen LogP contribution in [-0.2, 0) is 6.42 Å².